The van der Waals surface area contributed by atoms with Gasteiger partial charge < -0.3 is 15.1 Å². The number of ether oxygens (including phenoxy) is 1. The van der Waals surface area contributed by atoms with Crippen LogP contribution in [0.5, 0.6) is 0 Å². The summed E-state index contributed by atoms with van der Waals surface area (Å²) in [6, 6.07) is 7.07. The number of hydrogen-bond donors (Lipinski definition) is 2. The Balaban J connectivity index is 2.35. The molecule has 1 aromatic rings. The molecule has 1 aromatic carbocycles. The number of aliphatic hydroxyl groups excluding tert-OH is 1. The van der Waals surface area contributed by atoms with Crippen LogP contribution in [0.25, 0.3) is 0 Å². The van der Waals surface area contributed by atoms with Crippen LogP contribution in [0.2, 0.25) is 0 Å². The van der Waals surface area contributed by atoms with Gasteiger partial charge in [-0.3, -0.25) is 0 Å². The first kappa shape index (κ1) is 14.4. The number of hydrogen-bond acceptors (Lipinski definition) is 5. The third-order valence-electron chi connectivity index (χ3n) is 2.00. The Morgan fingerprint density at radius 2 is 2.18 bits per heavy atom. The molecule has 0 fully saturated rings. The molecule has 0 radical (unpaired) electrons. The van der Waals surface area contributed by atoms with Gasteiger partial charge in [0.2, 0.25) is 0 Å². The van der Waals surface area contributed by atoms with E-state index in [2.05, 4.69) is 22.6 Å². The van der Waals surface area contributed by atoms with E-state index < -0.39 is 5.97 Å². The lowest BCUT2D eigenvalue weighted by atomic mass is 10.2. The summed E-state index contributed by atoms with van der Waals surface area (Å²) in [5.74, 6) is -0.416. The summed E-state index contributed by atoms with van der Waals surface area (Å²) in [6.45, 7) is 0.263. The Kier molecular flexibility index (Phi) is 6.41. The Morgan fingerprint density at radius 3 is 2.82 bits per heavy atom. The lowest BCUT2D eigenvalue weighted by Gasteiger charge is -2.12. The molecule has 0 aliphatic heterocycles. The normalized spacial score (nSPS) is 10.6. The fourth-order valence-electron chi connectivity index (χ4n) is 1.17. The third-order valence-corrected chi connectivity index (χ3v) is 2.67. The number of carbonyl (C=O) groups excluding carboxylic acids is 1. The van der Waals surface area contributed by atoms with Crippen LogP contribution in [-0.4, -0.2) is 47.6 Å². The number of carbonyl (C=O) groups is 1. The quantitative estimate of drug-likeness (QED) is 0.457. The van der Waals surface area contributed by atoms with Gasteiger partial charge >= 0.3 is 5.97 Å². The van der Waals surface area contributed by atoms with Crippen LogP contribution < -0.4 is 0 Å². The van der Waals surface area contributed by atoms with E-state index in [0.717, 1.165) is 8.63 Å². The molecule has 0 aromatic heterocycles. The number of benzene rings is 1. The molecule has 6 heteroatoms. The molecule has 0 atom stereocenters. The summed E-state index contributed by atoms with van der Waals surface area (Å²) in [5.41, 5.74) is 0.489. The van der Waals surface area contributed by atoms with Crippen LogP contribution >= 0.6 is 22.6 Å². The van der Waals surface area contributed by atoms with Gasteiger partial charge in [0, 0.05) is 10.1 Å². The maximum atomic E-state index is 11.6. The SMILES string of the molecule is O=C(OCCN(O)CCO)c1cccc(I)c1. The van der Waals surface area contributed by atoms with Crippen LogP contribution in [-0.2, 0) is 4.74 Å². The minimum absolute atomic E-state index is 0.0841. The van der Waals surface area contributed by atoms with E-state index in [9.17, 15) is 4.79 Å². The Labute approximate surface area is 113 Å². The fourth-order valence-corrected chi connectivity index (χ4v) is 1.71. The molecular formula is C11H14INO4. The van der Waals surface area contributed by atoms with Crippen molar-refractivity contribution >= 4 is 28.6 Å². The minimum Gasteiger partial charge on any atom is -0.461 e. The molecule has 0 amide bonds. The van der Waals surface area contributed by atoms with Gasteiger partial charge in [0.15, 0.2) is 0 Å². The first-order chi connectivity index (χ1) is 8.13. The van der Waals surface area contributed by atoms with Crippen molar-refractivity contribution in [2.24, 2.45) is 0 Å². The number of hydroxylamine groups is 2. The predicted molar refractivity (Wildman–Crippen MR) is 69.9 cm³/mol. The smallest absolute Gasteiger partial charge is 0.338 e. The molecule has 0 aliphatic rings. The maximum Gasteiger partial charge on any atom is 0.338 e. The third kappa shape index (κ3) is 5.44. The van der Waals surface area contributed by atoms with Gasteiger partial charge in [-0.25, -0.2) is 4.79 Å². The number of halogens is 1. The van der Waals surface area contributed by atoms with Gasteiger partial charge in [-0.05, 0) is 40.8 Å². The van der Waals surface area contributed by atoms with Crippen molar-refractivity contribution in [3.05, 3.63) is 33.4 Å². The van der Waals surface area contributed by atoms with Crippen molar-refractivity contribution < 1.29 is 19.8 Å². The van der Waals surface area contributed by atoms with Gasteiger partial charge in [0.05, 0.1) is 18.7 Å². The molecule has 1 rings (SSSR count). The average Bonchev–Trinajstić information content (AvgIpc) is 2.29. The van der Waals surface area contributed by atoms with Crippen LogP contribution in [0, 0.1) is 3.57 Å². The molecule has 0 aliphatic carbocycles. The average molecular weight is 351 g/mol. The number of esters is 1. The minimum atomic E-state index is -0.416. The van der Waals surface area contributed by atoms with Crippen LogP contribution in [0.3, 0.4) is 0 Å². The van der Waals surface area contributed by atoms with E-state index in [1.165, 1.54) is 0 Å². The fraction of sp³-hybridized carbons (Fsp3) is 0.364. The predicted octanol–water partition coefficient (Wildman–Crippen LogP) is 1.13. The summed E-state index contributed by atoms with van der Waals surface area (Å²) >= 11 is 2.11. The summed E-state index contributed by atoms with van der Waals surface area (Å²) in [4.78, 5) is 11.6. The van der Waals surface area contributed by atoms with Crippen LogP contribution in [0.4, 0.5) is 0 Å². The van der Waals surface area contributed by atoms with E-state index in [0.29, 0.717) is 5.56 Å². The second-order valence-corrected chi connectivity index (χ2v) is 4.57. The van der Waals surface area contributed by atoms with Crippen molar-refractivity contribution in [1.82, 2.24) is 5.06 Å². The van der Waals surface area contributed by atoms with Crippen molar-refractivity contribution in [3.63, 3.8) is 0 Å². The topological polar surface area (TPSA) is 70.0 Å². The standard InChI is InChI=1S/C11H14INO4/c12-10-3-1-2-9(8-10)11(15)17-7-5-13(16)4-6-14/h1-3,8,14,16H,4-7H2. The highest BCUT2D eigenvalue weighted by molar-refractivity contribution is 14.1. The second-order valence-electron chi connectivity index (χ2n) is 3.32. The first-order valence-corrected chi connectivity index (χ1v) is 6.18. The molecule has 0 heterocycles. The van der Waals surface area contributed by atoms with Crippen molar-refractivity contribution in [1.29, 1.82) is 0 Å². The molecule has 2 N–H and O–H groups in total. The Bertz CT molecular complexity index is 372. The molecule has 0 spiro atoms. The van der Waals surface area contributed by atoms with Gasteiger partial charge in [0.25, 0.3) is 0 Å². The van der Waals surface area contributed by atoms with Gasteiger partial charge in [-0.15, -0.1) is 0 Å². The van der Waals surface area contributed by atoms with E-state index in [-0.39, 0.29) is 26.3 Å². The molecule has 17 heavy (non-hydrogen) atoms. The monoisotopic (exact) mass is 351 g/mol. The van der Waals surface area contributed by atoms with Crippen molar-refractivity contribution in [3.8, 4) is 0 Å². The molecule has 94 valence electrons. The van der Waals surface area contributed by atoms with E-state index in [4.69, 9.17) is 15.1 Å². The molecule has 0 bridgehead atoms. The lowest BCUT2D eigenvalue weighted by molar-refractivity contribution is -0.106. The summed E-state index contributed by atoms with van der Waals surface area (Å²) < 4.78 is 5.93. The van der Waals surface area contributed by atoms with E-state index in [1.54, 1.807) is 18.2 Å². The molecule has 0 saturated carbocycles. The zero-order valence-corrected chi connectivity index (χ0v) is 11.3. The van der Waals surface area contributed by atoms with Crippen molar-refractivity contribution in [2.75, 3.05) is 26.3 Å². The summed E-state index contributed by atoms with van der Waals surface area (Å²) in [5, 5.41) is 18.6. The van der Waals surface area contributed by atoms with Crippen LogP contribution in [0.1, 0.15) is 10.4 Å². The van der Waals surface area contributed by atoms with Crippen LogP contribution in [0.15, 0.2) is 24.3 Å². The largest absolute Gasteiger partial charge is 0.461 e. The van der Waals surface area contributed by atoms with Gasteiger partial charge in [0.1, 0.15) is 6.61 Å². The zero-order chi connectivity index (χ0) is 12.7. The van der Waals surface area contributed by atoms with Gasteiger partial charge in [-0.1, -0.05) is 6.07 Å². The molecule has 5 nitrogen and oxygen atoms in total. The Morgan fingerprint density at radius 1 is 1.41 bits per heavy atom. The first-order valence-electron chi connectivity index (χ1n) is 5.11. The Hall–Kier alpha value is -0.700. The highest BCUT2D eigenvalue weighted by atomic mass is 127. The summed E-state index contributed by atoms with van der Waals surface area (Å²) in [6.07, 6.45) is 0. The van der Waals surface area contributed by atoms with Gasteiger partial charge in [-0.2, -0.15) is 5.06 Å². The molecule has 0 saturated heterocycles. The highest BCUT2D eigenvalue weighted by Crippen LogP contribution is 2.08. The number of aliphatic hydroxyl groups is 1. The maximum absolute atomic E-state index is 11.6. The number of nitrogens with zero attached hydrogens (tertiary/aromatic N) is 1. The molecule has 0 unspecified atom stereocenters. The van der Waals surface area contributed by atoms with Crippen molar-refractivity contribution in [2.45, 2.75) is 0 Å². The highest BCUT2D eigenvalue weighted by Gasteiger charge is 2.08. The second kappa shape index (κ2) is 7.59. The summed E-state index contributed by atoms with van der Waals surface area (Å²) in [7, 11) is 0. The van der Waals surface area contributed by atoms with E-state index in [1.807, 2.05) is 6.07 Å². The van der Waals surface area contributed by atoms with E-state index >= 15 is 0 Å². The zero-order valence-electron chi connectivity index (χ0n) is 9.17. The lowest BCUT2D eigenvalue weighted by Crippen LogP contribution is -2.27. The molecular weight excluding hydrogens is 337 g/mol. The number of rotatable bonds is 6.